The summed E-state index contributed by atoms with van der Waals surface area (Å²) >= 11 is 0. The van der Waals surface area contributed by atoms with E-state index in [9.17, 15) is 31.5 Å². The smallest absolute Gasteiger partial charge is 0.305 e. The topological polar surface area (TPSA) is 61.8 Å². The highest BCUT2D eigenvalue weighted by atomic mass is 19.2. The fourth-order valence-corrected chi connectivity index (χ4v) is 1.75. The Hall–Kier alpha value is -2.39. The van der Waals surface area contributed by atoms with Gasteiger partial charge in [0.1, 0.15) is 13.2 Å². The summed E-state index contributed by atoms with van der Waals surface area (Å²) < 4.78 is 79.4. The largest absolute Gasteiger partial charge is 0.484 e. The van der Waals surface area contributed by atoms with Crippen molar-refractivity contribution in [2.75, 3.05) is 19.8 Å². The van der Waals surface area contributed by atoms with Crippen LogP contribution in [0.2, 0.25) is 0 Å². The number of esters is 2. The lowest BCUT2D eigenvalue weighted by molar-refractivity contribution is -0.145. The molecular formula is C16H17F5O5. The van der Waals surface area contributed by atoms with Crippen LogP contribution in [-0.2, 0) is 19.1 Å². The molecule has 0 saturated heterocycles. The van der Waals surface area contributed by atoms with E-state index >= 15 is 0 Å². The van der Waals surface area contributed by atoms with Gasteiger partial charge >= 0.3 is 11.9 Å². The molecule has 0 amide bonds. The van der Waals surface area contributed by atoms with Crippen molar-refractivity contribution >= 4 is 11.9 Å². The van der Waals surface area contributed by atoms with E-state index in [1.807, 2.05) is 6.92 Å². The Balaban J connectivity index is 2.35. The minimum absolute atomic E-state index is 0.0240. The fraction of sp³-hybridized carbons (Fsp3) is 0.500. The summed E-state index contributed by atoms with van der Waals surface area (Å²) in [5.41, 5.74) is 0. The van der Waals surface area contributed by atoms with E-state index in [2.05, 4.69) is 9.47 Å². The van der Waals surface area contributed by atoms with Gasteiger partial charge in [0.05, 0.1) is 6.61 Å². The highest BCUT2D eigenvalue weighted by Gasteiger charge is 2.27. The van der Waals surface area contributed by atoms with E-state index < -0.39 is 60.0 Å². The Morgan fingerprint density at radius 3 is 1.69 bits per heavy atom. The minimum Gasteiger partial charge on any atom is -0.484 e. The molecule has 146 valence electrons. The minimum atomic E-state index is -2.30. The van der Waals surface area contributed by atoms with Crippen molar-refractivity contribution in [3.05, 3.63) is 29.1 Å². The predicted molar refractivity (Wildman–Crippen MR) is 77.8 cm³/mol. The highest BCUT2D eigenvalue weighted by molar-refractivity contribution is 5.72. The highest BCUT2D eigenvalue weighted by Crippen LogP contribution is 2.28. The first-order chi connectivity index (χ1) is 12.3. The van der Waals surface area contributed by atoms with Crippen molar-refractivity contribution in [2.24, 2.45) is 0 Å². The molecule has 0 fully saturated rings. The number of carbonyl (C=O) groups is 2. The van der Waals surface area contributed by atoms with E-state index in [1.165, 1.54) is 0 Å². The molecule has 0 aliphatic heterocycles. The van der Waals surface area contributed by atoms with E-state index in [-0.39, 0.29) is 25.9 Å². The lowest BCUT2D eigenvalue weighted by atomic mass is 10.2. The first-order valence-electron chi connectivity index (χ1n) is 7.75. The van der Waals surface area contributed by atoms with Crippen LogP contribution in [0.4, 0.5) is 22.0 Å². The van der Waals surface area contributed by atoms with Crippen LogP contribution in [0.1, 0.15) is 32.6 Å². The molecule has 0 saturated carbocycles. The average molecular weight is 384 g/mol. The van der Waals surface area contributed by atoms with Crippen LogP contribution in [0.25, 0.3) is 0 Å². The molecule has 0 unspecified atom stereocenters. The van der Waals surface area contributed by atoms with Crippen LogP contribution in [0.5, 0.6) is 5.75 Å². The van der Waals surface area contributed by atoms with Crippen molar-refractivity contribution in [1.82, 2.24) is 0 Å². The number of rotatable bonds is 10. The van der Waals surface area contributed by atoms with Crippen molar-refractivity contribution in [3.63, 3.8) is 0 Å². The van der Waals surface area contributed by atoms with Crippen molar-refractivity contribution < 1.29 is 45.8 Å². The summed E-state index contributed by atoms with van der Waals surface area (Å²) in [4.78, 5) is 22.6. The van der Waals surface area contributed by atoms with Gasteiger partial charge in [-0.05, 0) is 12.8 Å². The molecule has 0 aromatic heterocycles. The molecule has 26 heavy (non-hydrogen) atoms. The second kappa shape index (κ2) is 10.6. The third-order valence-corrected chi connectivity index (χ3v) is 2.99. The molecule has 0 spiro atoms. The van der Waals surface area contributed by atoms with E-state index in [4.69, 9.17) is 4.74 Å². The van der Waals surface area contributed by atoms with Crippen molar-refractivity contribution in [3.8, 4) is 5.75 Å². The molecular weight excluding hydrogens is 367 g/mol. The Morgan fingerprint density at radius 2 is 1.19 bits per heavy atom. The summed E-state index contributed by atoms with van der Waals surface area (Å²) in [6.07, 6.45) is 0.774. The van der Waals surface area contributed by atoms with Gasteiger partial charge in [0.15, 0.2) is 5.75 Å². The maximum absolute atomic E-state index is 13.3. The molecule has 1 rings (SSSR count). The number of halogens is 5. The zero-order chi connectivity index (χ0) is 19.7. The first kappa shape index (κ1) is 21.7. The van der Waals surface area contributed by atoms with Crippen LogP contribution in [0, 0.1) is 29.1 Å². The van der Waals surface area contributed by atoms with Crippen LogP contribution in [0.3, 0.4) is 0 Å². The maximum atomic E-state index is 13.3. The molecule has 0 aliphatic carbocycles. The van der Waals surface area contributed by atoms with Gasteiger partial charge in [-0.15, -0.1) is 0 Å². The fourth-order valence-electron chi connectivity index (χ4n) is 1.75. The summed E-state index contributed by atoms with van der Waals surface area (Å²) in [7, 11) is 0. The molecule has 0 aliphatic rings. The van der Waals surface area contributed by atoms with Gasteiger partial charge in [0.2, 0.25) is 29.1 Å². The average Bonchev–Trinajstić information content (AvgIpc) is 2.62. The van der Waals surface area contributed by atoms with Gasteiger partial charge < -0.3 is 14.2 Å². The third kappa shape index (κ3) is 6.16. The number of hydrogen-bond donors (Lipinski definition) is 0. The van der Waals surface area contributed by atoms with Crippen LogP contribution in [0.15, 0.2) is 0 Å². The van der Waals surface area contributed by atoms with Crippen LogP contribution in [-0.4, -0.2) is 31.8 Å². The first-order valence-corrected chi connectivity index (χ1v) is 7.75. The second-order valence-corrected chi connectivity index (χ2v) is 5.04. The molecule has 1 aromatic carbocycles. The molecule has 10 heteroatoms. The summed E-state index contributed by atoms with van der Waals surface area (Å²) in [5.74, 6) is -13.4. The maximum Gasteiger partial charge on any atom is 0.305 e. The standard InChI is InChI=1S/C16H17F5O5/c1-2-6-24-9(22)4-3-5-10(23)25-7-8-26-16-14(20)12(18)11(17)13(19)15(16)21/h2-8H2,1H3. The van der Waals surface area contributed by atoms with Gasteiger partial charge in [0, 0.05) is 12.8 Å². The molecule has 0 atom stereocenters. The van der Waals surface area contributed by atoms with E-state index in [0.717, 1.165) is 0 Å². The van der Waals surface area contributed by atoms with Gasteiger partial charge in [-0.2, -0.15) is 8.78 Å². The van der Waals surface area contributed by atoms with Crippen molar-refractivity contribution in [1.29, 1.82) is 0 Å². The molecule has 0 bridgehead atoms. The predicted octanol–water partition coefficient (Wildman–Crippen LogP) is 3.43. The zero-order valence-corrected chi connectivity index (χ0v) is 13.9. The summed E-state index contributed by atoms with van der Waals surface area (Å²) in [6.45, 7) is 1.03. The molecule has 0 N–H and O–H groups in total. The number of benzene rings is 1. The molecule has 5 nitrogen and oxygen atoms in total. The quantitative estimate of drug-likeness (QED) is 0.203. The number of ether oxygens (including phenoxy) is 3. The Bertz CT molecular complexity index is 621. The normalized spacial score (nSPS) is 10.5. The van der Waals surface area contributed by atoms with Crippen molar-refractivity contribution in [2.45, 2.75) is 32.6 Å². The lowest BCUT2D eigenvalue weighted by Crippen LogP contribution is -2.15. The van der Waals surface area contributed by atoms with Gasteiger partial charge in [-0.3, -0.25) is 9.59 Å². The third-order valence-electron chi connectivity index (χ3n) is 2.99. The molecule has 1 aromatic rings. The van der Waals surface area contributed by atoms with Gasteiger partial charge in [-0.1, -0.05) is 6.92 Å². The number of hydrogen-bond acceptors (Lipinski definition) is 5. The monoisotopic (exact) mass is 384 g/mol. The summed E-state index contributed by atoms with van der Waals surface area (Å²) in [6, 6.07) is 0. The lowest BCUT2D eigenvalue weighted by Gasteiger charge is -2.10. The van der Waals surface area contributed by atoms with E-state index in [0.29, 0.717) is 6.42 Å². The number of carbonyl (C=O) groups excluding carboxylic acids is 2. The van der Waals surface area contributed by atoms with Gasteiger partial charge in [-0.25, -0.2) is 13.2 Å². The SMILES string of the molecule is CCCOC(=O)CCCC(=O)OCCOc1c(F)c(F)c(F)c(F)c1F. The Morgan fingerprint density at radius 1 is 0.731 bits per heavy atom. The van der Waals surface area contributed by atoms with Crippen LogP contribution >= 0.6 is 0 Å². The summed E-state index contributed by atoms with van der Waals surface area (Å²) in [5, 5.41) is 0. The molecule has 0 radical (unpaired) electrons. The molecule has 0 heterocycles. The van der Waals surface area contributed by atoms with Gasteiger partial charge in [0.25, 0.3) is 0 Å². The zero-order valence-electron chi connectivity index (χ0n) is 13.9. The van der Waals surface area contributed by atoms with Crippen LogP contribution < -0.4 is 4.74 Å². The second-order valence-electron chi connectivity index (χ2n) is 5.04. The van der Waals surface area contributed by atoms with E-state index in [1.54, 1.807) is 0 Å². The Kier molecular flexibility index (Phi) is 8.80. The Labute approximate surface area is 146 Å².